The summed E-state index contributed by atoms with van der Waals surface area (Å²) < 4.78 is 11.6. The van der Waals surface area contributed by atoms with Crippen LogP contribution in [0.4, 0.5) is 0 Å². The van der Waals surface area contributed by atoms with Gasteiger partial charge in [0.15, 0.2) is 0 Å². The van der Waals surface area contributed by atoms with Crippen molar-refractivity contribution < 1.29 is 4.42 Å². The first kappa shape index (κ1) is 32.5. The predicted molar refractivity (Wildman–Crippen MR) is 237 cm³/mol. The van der Waals surface area contributed by atoms with Gasteiger partial charge in [0, 0.05) is 64.4 Å². The van der Waals surface area contributed by atoms with Crippen molar-refractivity contribution in [2.75, 3.05) is 0 Å². The van der Waals surface area contributed by atoms with Crippen molar-refractivity contribution >= 4 is 76.3 Å². The number of amidine groups is 1. The summed E-state index contributed by atoms with van der Waals surface area (Å²) in [5.41, 5.74) is 12.7. The van der Waals surface area contributed by atoms with E-state index in [1.807, 2.05) is 17.4 Å². The highest BCUT2D eigenvalue weighted by Gasteiger charge is 2.26. The van der Waals surface area contributed by atoms with E-state index in [-0.39, 0.29) is 12.3 Å². The number of hydrogen-bond acceptors (Lipinski definition) is 5. The lowest BCUT2D eigenvalue weighted by atomic mass is 9.97. The maximum absolute atomic E-state index is 6.57. The Labute approximate surface area is 333 Å². The van der Waals surface area contributed by atoms with E-state index in [2.05, 4.69) is 179 Å². The van der Waals surface area contributed by atoms with Crippen LogP contribution in [0.5, 0.6) is 0 Å². The van der Waals surface area contributed by atoms with Gasteiger partial charge in [-0.15, -0.1) is 11.3 Å². The first-order valence-corrected chi connectivity index (χ1v) is 20.5. The number of fused-ring (bicyclic) bond motifs is 9. The molecule has 2 unspecified atom stereocenters. The molecule has 0 radical (unpaired) electrons. The first-order chi connectivity index (χ1) is 28.2. The molecule has 0 saturated heterocycles. The van der Waals surface area contributed by atoms with Gasteiger partial charge in [-0.1, -0.05) is 121 Å². The summed E-state index contributed by atoms with van der Waals surface area (Å²) in [5, 5.41) is 13.5. The van der Waals surface area contributed by atoms with Gasteiger partial charge in [-0.2, -0.15) is 0 Å². The molecule has 2 atom stereocenters. The Balaban J connectivity index is 0.999. The third-order valence-electron chi connectivity index (χ3n) is 11.8. The number of hydrogen-bond donors (Lipinski definition) is 2. The third-order valence-corrected chi connectivity index (χ3v) is 13.0. The molecule has 12 rings (SSSR count). The minimum Gasteiger partial charge on any atom is -0.456 e. The summed E-state index contributed by atoms with van der Waals surface area (Å²) >= 11 is 1.87. The molecule has 0 spiro atoms. The molecule has 0 bridgehead atoms. The van der Waals surface area contributed by atoms with Crippen molar-refractivity contribution in [2.24, 2.45) is 4.99 Å². The Kier molecular flexibility index (Phi) is 7.37. The molecule has 10 aromatic rings. The van der Waals surface area contributed by atoms with Gasteiger partial charge in [-0.25, -0.2) is 4.99 Å². The van der Waals surface area contributed by atoms with E-state index < -0.39 is 0 Å². The van der Waals surface area contributed by atoms with E-state index in [9.17, 15) is 0 Å². The van der Waals surface area contributed by atoms with Gasteiger partial charge in [0.1, 0.15) is 29.3 Å². The van der Waals surface area contributed by atoms with Crippen LogP contribution in [0, 0.1) is 0 Å². The monoisotopic (exact) mass is 752 g/mol. The summed E-state index contributed by atoms with van der Waals surface area (Å²) in [6.07, 6.45) is 6.41. The highest BCUT2D eigenvalue weighted by atomic mass is 32.1. The van der Waals surface area contributed by atoms with Crippen molar-refractivity contribution in [3.8, 4) is 16.8 Å². The lowest BCUT2D eigenvalue weighted by molar-refractivity contribution is 0.409. The zero-order chi connectivity index (χ0) is 37.5. The number of nitrogens with one attached hydrogen (secondary N) is 2. The van der Waals surface area contributed by atoms with E-state index >= 15 is 0 Å². The van der Waals surface area contributed by atoms with E-state index in [4.69, 9.17) is 9.41 Å². The summed E-state index contributed by atoms with van der Waals surface area (Å²) in [6.45, 7) is 0. The molecule has 2 N–H and O–H groups in total. The lowest BCUT2D eigenvalue weighted by Gasteiger charge is -2.32. The SMILES string of the molecule is C1=Cc2c(n(-c3ccc4sc5c(-c6cccc7oc8ccc(C9=NC(c%10ccccc%10)NC(c%10ccccc%10)N9)cc8c67)cccc5c4c3)c3ccccc23)CC1. The van der Waals surface area contributed by atoms with Crippen LogP contribution in [-0.4, -0.2) is 10.4 Å². The van der Waals surface area contributed by atoms with Crippen molar-refractivity contribution in [1.82, 2.24) is 15.2 Å². The van der Waals surface area contributed by atoms with Crippen LogP contribution in [0.15, 0.2) is 173 Å². The maximum Gasteiger partial charge on any atom is 0.136 e. The van der Waals surface area contributed by atoms with Gasteiger partial charge in [-0.3, -0.25) is 5.32 Å². The number of furan rings is 1. The fraction of sp³-hybridized carbons (Fsp3) is 0.0784. The highest BCUT2D eigenvalue weighted by molar-refractivity contribution is 7.26. The van der Waals surface area contributed by atoms with Gasteiger partial charge in [0.05, 0.1) is 5.52 Å². The normalized spacial score (nSPS) is 16.7. The quantitative estimate of drug-likeness (QED) is 0.184. The molecule has 0 amide bonds. The van der Waals surface area contributed by atoms with E-state index in [1.54, 1.807) is 0 Å². The van der Waals surface area contributed by atoms with Crippen LogP contribution in [-0.2, 0) is 6.42 Å². The topological polar surface area (TPSA) is 54.5 Å². The predicted octanol–water partition coefficient (Wildman–Crippen LogP) is 12.9. The zero-order valence-corrected chi connectivity index (χ0v) is 31.8. The number of aliphatic imine (C=N–C) groups is 1. The molecule has 4 heterocycles. The third kappa shape index (κ3) is 5.22. The number of allylic oxidation sites excluding steroid dienone is 1. The van der Waals surface area contributed by atoms with Crippen LogP contribution in [0.1, 0.15) is 46.7 Å². The molecule has 1 aliphatic heterocycles. The Morgan fingerprint density at radius 1 is 0.649 bits per heavy atom. The molecule has 57 heavy (non-hydrogen) atoms. The fourth-order valence-electron chi connectivity index (χ4n) is 9.13. The van der Waals surface area contributed by atoms with Crippen molar-refractivity contribution in [2.45, 2.75) is 25.2 Å². The van der Waals surface area contributed by atoms with E-state index in [1.165, 1.54) is 59.1 Å². The minimum absolute atomic E-state index is 0.110. The average Bonchev–Trinajstić information content (AvgIpc) is 3.96. The summed E-state index contributed by atoms with van der Waals surface area (Å²) in [4.78, 5) is 5.24. The number of aromatic nitrogens is 1. The molecule has 272 valence electrons. The molecule has 0 fully saturated rings. The molecule has 0 saturated carbocycles. The fourth-order valence-corrected chi connectivity index (χ4v) is 10.3. The second-order valence-corrected chi connectivity index (χ2v) is 16.1. The van der Waals surface area contributed by atoms with E-state index in [0.29, 0.717) is 0 Å². The number of nitrogens with zero attached hydrogens (tertiary/aromatic N) is 2. The van der Waals surface area contributed by atoms with Crippen molar-refractivity contribution in [3.63, 3.8) is 0 Å². The Hall–Kier alpha value is -6.73. The van der Waals surface area contributed by atoms with Crippen LogP contribution >= 0.6 is 11.3 Å². The first-order valence-electron chi connectivity index (χ1n) is 19.7. The molecule has 2 aliphatic rings. The molecule has 6 heteroatoms. The molecule has 5 nitrogen and oxygen atoms in total. The van der Waals surface area contributed by atoms with Crippen LogP contribution in [0.2, 0.25) is 0 Å². The molecule has 3 aromatic heterocycles. The second kappa shape index (κ2) is 12.9. The second-order valence-electron chi connectivity index (χ2n) is 15.1. The highest BCUT2D eigenvalue weighted by Crippen LogP contribution is 2.45. The Morgan fingerprint density at radius 2 is 1.44 bits per heavy atom. The van der Waals surface area contributed by atoms with Gasteiger partial charge >= 0.3 is 0 Å². The number of benzene rings is 7. The summed E-state index contributed by atoms with van der Waals surface area (Å²) in [7, 11) is 0. The summed E-state index contributed by atoms with van der Waals surface area (Å²) in [5.74, 6) is 0.848. The van der Waals surface area contributed by atoms with Gasteiger partial charge < -0.3 is 14.3 Å². The minimum atomic E-state index is -0.204. The van der Waals surface area contributed by atoms with Crippen LogP contribution in [0.3, 0.4) is 0 Å². The van der Waals surface area contributed by atoms with Gasteiger partial charge in [0.2, 0.25) is 0 Å². The Morgan fingerprint density at radius 3 is 2.33 bits per heavy atom. The zero-order valence-electron chi connectivity index (χ0n) is 30.9. The standard InChI is InChI=1S/C51H36N4OS/c1-3-13-31(14-4-1)49-52-50(32-15-5-2-6-16-32)54-51(53-49)33-25-27-44-41(29-33)47-37(19-12-24-45(47)56-44)38-20-11-21-39-40-30-34(26-28-46(40)57-48(38)39)55-42-22-9-7-17-35(42)36-18-8-10-23-43(36)55/h1-9,11-22,24-30,49-50,52H,10,23H2,(H,53,54). The molecule has 1 aliphatic carbocycles. The smallest absolute Gasteiger partial charge is 0.136 e. The average molecular weight is 753 g/mol. The number of rotatable bonds is 5. The van der Waals surface area contributed by atoms with Crippen molar-refractivity contribution in [3.05, 3.63) is 192 Å². The van der Waals surface area contributed by atoms with Crippen LogP contribution < -0.4 is 10.6 Å². The number of para-hydroxylation sites is 1. The van der Waals surface area contributed by atoms with Gasteiger partial charge in [-0.05, 0) is 78.1 Å². The van der Waals surface area contributed by atoms with Crippen molar-refractivity contribution in [1.29, 1.82) is 0 Å². The Bertz CT molecular complexity index is 3260. The summed E-state index contributed by atoms with van der Waals surface area (Å²) in [6, 6.07) is 56.5. The van der Waals surface area contributed by atoms with Crippen LogP contribution in [0.25, 0.3) is 75.9 Å². The molecular formula is C51H36N4OS. The molecular weight excluding hydrogens is 717 g/mol. The van der Waals surface area contributed by atoms with E-state index in [0.717, 1.165) is 57.3 Å². The largest absolute Gasteiger partial charge is 0.456 e. The maximum atomic E-state index is 6.57. The lowest BCUT2D eigenvalue weighted by Crippen LogP contribution is -2.44. The van der Waals surface area contributed by atoms with Gasteiger partial charge in [0.25, 0.3) is 0 Å². The number of thiophene rings is 1. The molecule has 7 aromatic carbocycles.